The van der Waals surface area contributed by atoms with E-state index < -0.39 is 0 Å². The Morgan fingerprint density at radius 2 is 1.95 bits per heavy atom. The lowest BCUT2D eigenvalue weighted by atomic mass is 10.1. The first-order chi connectivity index (χ1) is 10.6. The lowest BCUT2D eigenvalue weighted by molar-refractivity contribution is 0.0951. The molecular weight excluding hydrogens is 274 g/mol. The van der Waals surface area contributed by atoms with Crippen molar-refractivity contribution in [3.05, 3.63) is 65.7 Å². The maximum atomic E-state index is 12.1. The van der Waals surface area contributed by atoms with E-state index in [1.54, 1.807) is 24.3 Å². The Labute approximate surface area is 131 Å². The number of para-hydroxylation sites is 1. The lowest BCUT2D eigenvalue weighted by Crippen LogP contribution is -2.40. The van der Waals surface area contributed by atoms with Crippen molar-refractivity contribution in [2.45, 2.75) is 13.0 Å². The van der Waals surface area contributed by atoms with E-state index >= 15 is 0 Å². The van der Waals surface area contributed by atoms with Gasteiger partial charge in [0, 0.05) is 30.9 Å². The average molecular weight is 293 g/mol. The Hall–Kier alpha value is -2.80. The molecule has 0 spiro atoms. The summed E-state index contributed by atoms with van der Waals surface area (Å²) in [5, 5.41) is 11.8. The summed E-state index contributed by atoms with van der Waals surface area (Å²) < 4.78 is 0. The number of benzene rings is 2. The number of likely N-dealkylation sites (N-methyl/N-ethyl adjacent to an activating group) is 1. The number of nitrogens with one attached hydrogen (secondary N) is 1. The van der Waals surface area contributed by atoms with Gasteiger partial charge in [-0.15, -0.1) is 0 Å². The Morgan fingerprint density at radius 3 is 2.64 bits per heavy atom. The second kappa shape index (κ2) is 7.28. The third-order valence-corrected chi connectivity index (χ3v) is 3.64. The minimum atomic E-state index is -0.162. The van der Waals surface area contributed by atoms with Crippen LogP contribution in [0.1, 0.15) is 22.8 Å². The molecule has 0 unspecified atom stereocenters. The van der Waals surface area contributed by atoms with Crippen molar-refractivity contribution in [1.29, 1.82) is 5.26 Å². The molecule has 4 heteroatoms. The van der Waals surface area contributed by atoms with E-state index in [4.69, 9.17) is 5.26 Å². The van der Waals surface area contributed by atoms with Crippen LogP contribution in [0.25, 0.3) is 0 Å². The Kier molecular flexibility index (Phi) is 5.16. The first-order valence-corrected chi connectivity index (χ1v) is 7.18. The summed E-state index contributed by atoms with van der Waals surface area (Å²) in [6.45, 7) is 2.58. The molecule has 0 fully saturated rings. The predicted molar refractivity (Wildman–Crippen MR) is 87.8 cm³/mol. The van der Waals surface area contributed by atoms with Crippen LogP contribution in [0.2, 0.25) is 0 Å². The van der Waals surface area contributed by atoms with Crippen LogP contribution >= 0.6 is 0 Å². The number of carbonyl (C=O) groups is 1. The first-order valence-electron chi connectivity index (χ1n) is 7.18. The van der Waals surface area contributed by atoms with Crippen LogP contribution in [-0.2, 0) is 0 Å². The smallest absolute Gasteiger partial charge is 0.251 e. The standard InChI is InChI=1S/C18H19N3O/c1-14(21(2)17-9-4-3-5-10-17)13-20-18(22)16-8-6-7-15(11-16)12-19/h3-11,14H,13H2,1-2H3,(H,20,22)/t14-/m0/s1. The van der Waals surface area contributed by atoms with Crippen LogP contribution in [0.15, 0.2) is 54.6 Å². The van der Waals surface area contributed by atoms with Gasteiger partial charge in [-0.1, -0.05) is 24.3 Å². The number of amides is 1. The number of anilines is 1. The molecule has 0 bridgehead atoms. The molecule has 0 aliphatic carbocycles. The van der Waals surface area contributed by atoms with Gasteiger partial charge in [0.15, 0.2) is 0 Å². The fraction of sp³-hybridized carbons (Fsp3) is 0.222. The van der Waals surface area contributed by atoms with Crippen LogP contribution < -0.4 is 10.2 Å². The van der Waals surface area contributed by atoms with Crippen LogP contribution in [0, 0.1) is 11.3 Å². The molecule has 0 aliphatic heterocycles. The predicted octanol–water partition coefficient (Wildman–Crippen LogP) is 2.81. The molecule has 2 aromatic carbocycles. The highest BCUT2D eigenvalue weighted by Gasteiger charge is 2.12. The van der Waals surface area contributed by atoms with Gasteiger partial charge >= 0.3 is 0 Å². The molecule has 0 saturated carbocycles. The van der Waals surface area contributed by atoms with Gasteiger partial charge in [0.2, 0.25) is 0 Å². The Bertz CT molecular complexity index is 676. The third kappa shape index (κ3) is 3.86. The number of nitrogens with zero attached hydrogens (tertiary/aromatic N) is 2. The molecule has 0 heterocycles. The highest BCUT2D eigenvalue weighted by molar-refractivity contribution is 5.94. The van der Waals surface area contributed by atoms with Gasteiger partial charge in [0.1, 0.15) is 0 Å². The van der Waals surface area contributed by atoms with E-state index in [0.29, 0.717) is 17.7 Å². The fourth-order valence-electron chi connectivity index (χ4n) is 2.13. The third-order valence-electron chi connectivity index (χ3n) is 3.64. The summed E-state index contributed by atoms with van der Waals surface area (Å²) >= 11 is 0. The zero-order chi connectivity index (χ0) is 15.9. The van der Waals surface area contributed by atoms with E-state index in [2.05, 4.69) is 17.1 Å². The maximum absolute atomic E-state index is 12.1. The van der Waals surface area contributed by atoms with Gasteiger partial charge in [0.25, 0.3) is 5.91 Å². The van der Waals surface area contributed by atoms with Crippen LogP contribution in [0.4, 0.5) is 5.69 Å². The van der Waals surface area contributed by atoms with Crippen LogP contribution in [0.5, 0.6) is 0 Å². The molecule has 1 atom stereocenters. The number of carbonyl (C=O) groups excluding carboxylic acids is 1. The Morgan fingerprint density at radius 1 is 1.23 bits per heavy atom. The van der Waals surface area contributed by atoms with E-state index in [9.17, 15) is 4.79 Å². The normalized spacial score (nSPS) is 11.3. The van der Waals surface area contributed by atoms with Crippen molar-refractivity contribution < 1.29 is 4.79 Å². The quantitative estimate of drug-likeness (QED) is 0.922. The van der Waals surface area contributed by atoms with Crippen molar-refractivity contribution in [3.63, 3.8) is 0 Å². The van der Waals surface area contributed by atoms with Crippen molar-refractivity contribution in [2.75, 3.05) is 18.5 Å². The zero-order valence-electron chi connectivity index (χ0n) is 12.8. The summed E-state index contributed by atoms with van der Waals surface area (Å²) in [7, 11) is 2.00. The van der Waals surface area contributed by atoms with Gasteiger partial charge in [-0.3, -0.25) is 4.79 Å². The highest BCUT2D eigenvalue weighted by atomic mass is 16.1. The molecule has 2 rings (SSSR count). The highest BCUT2D eigenvalue weighted by Crippen LogP contribution is 2.13. The van der Waals surface area contributed by atoms with Gasteiger partial charge in [0.05, 0.1) is 11.6 Å². The summed E-state index contributed by atoms with van der Waals surface area (Å²) in [6, 6.07) is 18.9. The largest absolute Gasteiger partial charge is 0.370 e. The van der Waals surface area contributed by atoms with E-state index in [0.717, 1.165) is 5.69 Å². The fourth-order valence-corrected chi connectivity index (χ4v) is 2.13. The van der Waals surface area contributed by atoms with Crippen molar-refractivity contribution in [3.8, 4) is 6.07 Å². The number of hydrogen-bond donors (Lipinski definition) is 1. The molecule has 0 aromatic heterocycles. The average Bonchev–Trinajstić information content (AvgIpc) is 2.59. The Balaban J connectivity index is 1.94. The molecule has 4 nitrogen and oxygen atoms in total. The summed E-state index contributed by atoms with van der Waals surface area (Å²) in [5.74, 6) is -0.162. The lowest BCUT2D eigenvalue weighted by Gasteiger charge is -2.27. The summed E-state index contributed by atoms with van der Waals surface area (Å²) in [6.07, 6.45) is 0. The van der Waals surface area contributed by atoms with Crippen molar-refractivity contribution in [1.82, 2.24) is 5.32 Å². The van der Waals surface area contributed by atoms with E-state index in [1.165, 1.54) is 0 Å². The maximum Gasteiger partial charge on any atom is 0.251 e. The minimum Gasteiger partial charge on any atom is -0.370 e. The molecule has 112 valence electrons. The van der Waals surface area contributed by atoms with Gasteiger partial charge in [-0.2, -0.15) is 5.26 Å². The molecule has 0 radical (unpaired) electrons. The van der Waals surface area contributed by atoms with Gasteiger partial charge in [-0.05, 0) is 37.3 Å². The molecule has 22 heavy (non-hydrogen) atoms. The molecular formula is C18H19N3O. The van der Waals surface area contributed by atoms with Crippen molar-refractivity contribution in [2.24, 2.45) is 0 Å². The molecule has 1 N–H and O–H groups in total. The number of nitriles is 1. The summed E-state index contributed by atoms with van der Waals surface area (Å²) in [4.78, 5) is 14.3. The van der Waals surface area contributed by atoms with Crippen LogP contribution in [0.3, 0.4) is 0 Å². The second-order valence-corrected chi connectivity index (χ2v) is 5.20. The topological polar surface area (TPSA) is 56.1 Å². The van der Waals surface area contributed by atoms with Gasteiger partial charge in [-0.25, -0.2) is 0 Å². The molecule has 2 aromatic rings. The first kappa shape index (κ1) is 15.6. The molecule has 0 saturated heterocycles. The summed E-state index contributed by atoms with van der Waals surface area (Å²) in [5.41, 5.74) is 2.10. The number of hydrogen-bond acceptors (Lipinski definition) is 3. The van der Waals surface area contributed by atoms with E-state index in [-0.39, 0.29) is 11.9 Å². The van der Waals surface area contributed by atoms with E-state index in [1.807, 2.05) is 43.4 Å². The second-order valence-electron chi connectivity index (χ2n) is 5.20. The van der Waals surface area contributed by atoms with Crippen molar-refractivity contribution >= 4 is 11.6 Å². The SMILES string of the molecule is C[C@@H](CNC(=O)c1cccc(C#N)c1)N(C)c1ccccc1. The zero-order valence-corrected chi connectivity index (χ0v) is 12.8. The number of rotatable bonds is 5. The molecule has 0 aliphatic rings. The van der Waals surface area contributed by atoms with Crippen LogP contribution in [-0.4, -0.2) is 25.5 Å². The minimum absolute atomic E-state index is 0.158. The van der Waals surface area contributed by atoms with Gasteiger partial charge < -0.3 is 10.2 Å². The molecule has 1 amide bonds. The monoisotopic (exact) mass is 293 g/mol.